The van der Waals surface area contributed by atoms with Crippen molar-refractivity contribution in [3.05, 3.63) is 23.3 Å². The van der Waals surface area contributed by atoms with Gasteiger partial charge < -0.3 is 0 Å². The van der Waals surface area contributed by atoms with Gasteiger partial charge in [-0.3, -0.25) is 4.79 Å². The summed E-state index contributed by atoms with van der Waals surface area (Å²) in [7, 11) is 0. The van der Waals surface area contributed by atoms with Gasteiger partial charge in [-0.25, -0.2) is 0 Å². The van der Waals surface area contributed by atoms with Crippen molar-refractivity contribution >= 4 is 5.78 Å². The van der Waals surface area contributed by atoms with Gasteiger partial charge in [0.05, 0.1) is 0 Å². The number of carbonyl (C=O) groups is 1. The Kier molecular flexibility index (Phi) is 2.64. The predicted octanol–water partition coefficient (Wildman–Crippen LogP) is 2.63. The molecule has 1 fully saturated rings. The number of allylic oxidation sites excluding steroid dienone is 4. The van der Waals surface area contributed by atoms with Crippen LogP contribution >= 0.6 is 0 Å². The van der Waals surface area contributed by atoms with Gasteiger partial charge in [-0.15, -0.1) is 0 Å². The number of ketones is 1. The number of hydrogen-bond donors (Lipinski definition) is 0. The van der Waals surface area contributed by atoms with Gasteiger partial charge in [0.25, 0.3) is 0 Å². The lowest BCUT2D eigenvalue weighted by molar-refractivity contribution is -0.115. The van der Waals surface area contributed by atoms with Crippen LogP contribution in [0.25, 0.3) is 0 Å². The van der Waals surface area contributed by atoms with Crippen molar-refractivity contribution in [2.24, 2.45) is 0 Å². The fourth-order valence-electron chi connectivity index (χ4n) is 1.53. The van der Waals surface area contributed by atoms with Crippen molar-refractivity contribution in [1.82, 2.24) is 0 Å². The number of Topliss-reactive ketones (excluding diaryl/α,β-unsaturated/α-hetero) is 1. The highest BCUT2D eigenvalue weighted by Gasteiger charge is 2.17. The van der Waals surface area contributed by atoms with E-state index in [0.29, 0.717) is 5.78 Å². The molecule has 0 N–H and O–H groups in total. The standard InChI is InChI=1S/C10H14O/c1-3-8-6-5-7-10(11)9(8)4-2/h3-4H,5-7H2,1-2H3/b8-3-,9-4+. The summed E-state index contributed by atoms with van der Waals surface area (Å²) in [4.78, 5) is 11.3. The van der Waals surface area contributed by atoms with Crippen molar-refractivity contribution in [3.8, 4) is 0 Å². The Labute approximate surface area is 67.8 Å². The summed E-state index contributed by atoms with van der Waals surface area (Å²) < 4.78 is 0. The van der Waals surface area contributed by atoms with Crippen molar-refractivity contribution in [1.29, 1.82) is 0 Å². The molecule has 0 aliphatic heterocycles. The first-order chi connectivity index (χ1) is 5.29. The van der Waals surface area contributed by atoms with Crippen LogP contribution in [0.5, 0.6) is 0 Å². The molecule has 11 heavy (non-hydrogen) atoms. The van der Waals surface area contributed by atoms with E-state index in [1.807, 2.05) is 26.0 Å². The van der Waals surface area contributed by atoms with Crippen LogP contribution in [-0.2, 0) is 4.79 Å². The fraction of sp³-hybridized carbons (Fsp3) is 0.500. The largest absolute Gasteiger partial charge is 0.294 e. The molecular formula is C10H14O. The van der Waals surface area contributed by atoms with E-state index >= 15 is 0 Å². The zero-order chi connectivity index (χ0) is 8.27. The van der Waals surface area contributed by atoms with Gasteiger partial charge >= 0.3 is 0 Å². The maximum absolute atomic E-state index is 11.3. The van der Waals surface area contributed by atoms with Crippen LogP contribution in [0.1, 0.15) is 33.1 Å². The van der Waals surface area contributed by atoms with Gasteiger partial charge in [0.15, 0.2) is 5.78 Å². The summed E-state index contributed by atoms with van der Waals surface area (Å²) in [6.45, 7) is 3.93. The van der Waals surface area contributed by atoms with Gasteiger partial charge in [-0.05, 0) is 32.3 Å². The third-order valence-electron chi connectivity index (χ3n) is 2.13. The molecule has 1 aliphatic carbocycles. The summed E-state index contributed by atoms with van der Waals surface area (Å²) in [5.74, 6) is 0.312. The molecule has 60 valence electrons. The molecule has 0 radical (unpaired) electrons. The maximum Gasteiger partial charge on any atom is 0.162 e. The second-order valence-corrected chi connectivity index (χ2v) is 2.79. The Morgan fingerprint density at radius 1 is 1.18 bits per heavy atom. The molecule has 0 aromatic heterocycles. The number of hydrogen-bond acceptors (Lipinski definition) is 1. The second kappa shape index (κ2) is 3.51. The molecule has 1 heteroatoms. The van der Waals surface area contributed by atoms with Crippen LogP contribution in [0.2, 0.25) is 0 Å². The topological polar surface area (TPSA) is 17.1 Å². The van der Waals surface area contributed by atoms with Crippen LogP contribution in [0, 0.1) is 0 Å². The molecule has 0 heterocycles. The SMILES string of the molecule is C/C=C1/CCCC(=O)/C1=C/C. The quantitative estimate of drug-likeness (QED) is 0.485. The average molecular weight is 150 g/mol. The molecule has 0 spiro atoms. The van der Waals surface area contributed by atoms with Crippen molar-refractivity contribution < 1.29 is 4.79 Å². The zero-order valence-corrected chi connectivity index (χ0v) is 7.18. The van der Waals surface area contributed by atoms with Crippen molar-refractivity contribution in [2.45, 2.75) is 33.1 Å². The molecule has 0 amide bonds. The molecule has 1 rings (SSSR count). The lowest BCUT2D eigenvalue weighted by Crippen LogP contribution is -2.10. The molecule has 0 bridgehead atoms. The number of carbonyl (C=O) groups excluding carboxylic acids is 1. The summed E-state index contributed by atoms with van der Waals surface area (Å²) >= 11 is 0. The Morgan fingerprint density at radius 3 is 2.36 bits per heavy atom. The fourth-order valence-corrected chi connectivity index (χ4v) is 1.53. The maximum atomic E-state index is 11.3. The van der Waals surface area contributed by atoms with Crippen LogP contribution in [0.3, 0.4) is 0 Å². The van der Waals surface area contributed by atoms with E-state index in [-0.39, 0.29) is 0 Å². The predicted molar refractivity (Wildman–Crippen MR) is 46.4 cm³/mol. The Bertz CT molecular complexity index is 221. The highest BCUT2D eigenvalue weighted by atomic mass is 16.1. The minimum atomic E-state index is 0.312. The third-order valence-corrected chi connectivity index (χ3v) is 2.13. The van der Waals surface area contributed by atoms with E-state index < -0.39 is 0 Å². The van der Waals surface area contributed by atoms with Gasteiger partial charge in [0.2, 0.25) is 0 Å². The summed E-state index contributed by atoms with van der Waals surface area (Å²) in [6, 6.07) is 0. The molecule has 1 aliphatic rings. The van der Waals surface area contributed by atoms with E-state index in [1.54, 1.807) is 0 Å². The molecule has 0 aromatic carbocycles. The van der Waals surface area contributed by atoms with E-state index in [1.165, 1.54) is 5.57 Å². The molecule has 0 unspecified atom stereocenters. The molecule has 1 saturated carbocycles. The highest BCUT2D eigenvalue weighted by molar-refractivity contribution is 6.00. The van der Waals surface area contributed by atoms with Crippen LogP contribution < -0.4 is 0 Å². The molecule has 0 atom stereocenters. The Hall–Kier alpha value is -0.850. The highest BCUT2D eigenvalue weighted by Crippen LogP contribution is 2.25. The van der Waals surface area contributed by atoms with E-state index in [2.05, 4.69) is 0 Å². The average Bonchev–Trinajstić information content (AvgIpc) is 2.04. The molecule has 1 nitrogen and oxygen atoms in total. The second-order valence-electron chi connectivity index (χ2n) is 2.79. The molecule has 0 aromatic rings. The van der Waals surface area contributed by atoms with E-state index in [0.717, 1.165) is 24.8 Å². The lowest BCUT2D eigenvalue weighted by atomic mass is 9.88. The third kappa shape index (κ3) is 1.59. The van der Waals surface area contributed by atoms with Gasteiger partial charge in [-0.2, -0.15) is 0 Å². The summed E-state index contributed by atoms with van der Waals surface area (Å²) in [6.07, 6.45) is 6.80. The molecule has 0 saturated heterocycles. The van der Waals surface area contributed by atoms with Crippen molar-refractivity contribution in [2.75, 3.05) is 0 Å². The van der Waals surface area contributed by atoms with Gasteiger partial charge in [0.1, 0.15) is 0 Å². The first-order valence-electron chi connectivity index (χ1n) is 4.14. The van der Waals surface area contributed by atoms with Gasteiger partial charge in [-0.1, -0.05) is 12.2 Å². The van der Waals surface area contributed by atoms with Crippen molar-refractivity contribution in [3.63, 3.8) is 0 Å². The van der Waals surface area contributed by atoms with Crippen LogP contribution in [-0.4, -0.2) is 5.78 Å². The summed E-state index contributed by atoms with van der Waals surface area (Å²) in [5, 5.41) is 0. The number of rotatable bonds is 0. The monoisotopic (exact) mass is 150 g/mol. The van der Waals surface area contributed by atoms with E-state index in [9.17, 15) is 4.79 Å². The van der Waals surface area contributed by atoms with E-state index in [4.69, 9.17) is 0 Å². The Balaban J connectivity index is 2.90. The minimum Gasteiger partial charge on any atom is -0.294 e. The Morgan fingerprint density at radius 2 is 1.91 bits per heavy atom. The first kappa shape index (κ1) is 8.25. The lowest BCUT2D eigenvalue weighted by Gasteiger charge is -2.15. The normalized spacial score (nSPS) is 26.5. The minimum absolute atomic E-state index is 0.312. The van der Waals surface area contributed by atoms with Gasteiger partial charge in [0, 0.05) is 12.0 Å². The molecular weight excluding hydrogens is 136 g/mol. The van der Waals surface area contributed by atoms with Crippen LogP contribution in [0.4, 0.5) is 0 Å². The smallest absolute Gasteiger partial charge is 0.162 e. The van der Waals surface area contributed by atoms with Crippen LogP contribution in [0.15, 0.2) is 23.3 Å². The first-order valence-corrected chi connectivity index (χ1v) is 4.14. The summed E-state index contributed by atoms with van der Waals surface area (Å²) in [5.41, 5.74) is 2.17. The zero-order valence-electron chi connectivity index (χ0n) is 7.18.